The van der Waals surface area contributed by atoms with E-state index in [2.05, 4.69) is 16.2 Å². The van der Waals surface area contributed by atoms with E-state index in [4.69, 9.17) is 11.6 Å². The fourth-order valence-electron chi connectivity index (χ4n) is 2.04. The monoisotopic (exact) mass is 302 g/mol. The highest BCUT2D eigenvalue weighted by atomic mass is 35.5. The summed E-state index contributed by atoms with van der Waals surface area (Å²) in [5, 5.41) is 14.7. The summed E-state index contributed by atoms with van der Waals surface area (Å²) < 4.78 is 2.64. The molecular formula is C14H11ClN4S. The summed E-state index contributed by atoms with van der Waals surface area (Å²) in [5.74, 6) is 0. The Kier molecular flexibility index (Phi) is 3.43. The Labute approximate surface area is 125 Å². The molecule has 0 amide bonds. The molecule has 4 nitrogen and oxygen atoms in total. The summed E-state index contributed by atoms with van der Waals surface area (Å²) in [5.41, 5.74) is 2.10. The normalized spacial score (nSPS) is 10.8. The summed E-state index contributed by atoms with van der Waals surface area (Å²) in [7, 11) is 0. The zero-order chi connectivity index (χ0) is 14.1. The molecule has 0 unspecified atom stereocenters. The van der Waals surface area contributed by atoms with Crippen LogP contribution in [0.25, 0.3) is 15.3 Å². The van der Waals surface area contributed by atoms with Crippen molar-refractivity contribution in [3.63, 3.8) is 0 Å². The molecule has 0 saturated carbocycles. The molecule has 0 spiro atoms. The van der Waals surface area contributed by atoms with Gasteiger partial charge in [0.2, 0.25) is 5.13 Å². The van der Waals surface area contributed by atoms with Gasteiger partial charge in [-0.15, -0.1) is 0 Å². The predicted molar refractivity (Wildman–Crippen MR) is 80.5 cm³/mol. The van der Waals surface area contributed by atoms with Crippen molar-refractivity contribution in [2.45, 2.75) is 19.8 Å². The molecule has 1 aromatic carbocycles. The number of hydrogen-bond donors (Lipinski definition) is 0. The van der Waals surface area contributed by atoms with Crippen molar-refractivity contribution in [2.24, 2.45) is 0 Å². The van der Waals surface area contributed by atoms with Gasteiger partial charge in [-0.25, -0.2) is 4.98 Å². The third-order valence-corrected chi connectivity index (χ3v) is 4.32. The molecule has 6 heteroatoms. The fourth-order valence-corrected chi connectivity index (χ4v) is 3.28. The lowest BCUT2D eigenvalue weighted by atomic mass is 10.2. The summed E-state index contributed by atoms with van der Waals surface area (Å²) in [6, 6.07) is 10.0. The molecular weight excluding hydrogens is 292 g/mol. The second-order valence-corrected chi connectivity index (χ2v) is 5.72. The first-order valence-corrected chi connectivity index (χ1v) is 7.47. The average Bonchev–Trinajstić information content (AvgIpc) is 3.00. The van der Waals surface area contributed by atoms with E-state index in [1.165, 1.54) is 11.3 Å². The van der Waals surface area contributed by atoms with Crippen molar-refractivity contribution < 1.29 is 0 Å². The zero-order valence-electron chi connectivity index (χ0n) is 10.8. The maximum Gasteiger partial charge on any atom is 0.212 e. The van der Waals surface area contributed by atoms with Crippen molar-refractivity contribution in [1.82, 2.24) is 14.8 Å². The standard InChI is InChI=1S/C14H11ClN4S/c1-2-5-10-9(8-16)13(15)19(18-10)14-17-11-6-3-4-7-12(11)20-14/h3-4,6-7H,2,5H2,1H3. The van der Waals surface area contributed by atoms with E-state index in [1.54, 1.807) is 4.68 Å². The molecule has 0 fully saturated rings. The Balaban J connectivity index is 2.16. The van der Waals surface area contributed by atoms with Gasteiger partial charge in [-0.3, -0.25) is 0 Å². The molecule has 0 bridgehead atoms. The third kappa shape index (κ3) is 2.07. The van der Waals surface area contributed by atoms with E-state index in [-0.39, 0.29) is 0 Å². The molecule has 0 radical (unpaired) electrons. The van der Waals surface area contributed by atoms with Crippen molar-refractivity contribution in [1.29, 1.82) is 5.26 Å². The highest BCUT2D eigenvalue weighted by molar-refractivity contribution is 7.20. The molecule has 0 atom stereocenters. The Hall–Kier alpha value is -1.90. The number of halogens is 1. The van der Waals surface area contributed by atoms with Gasteiger partial charge in [0.15, 0.2) is 5.15 Å². The zero-order valence-corrected chi connectivity index (χ0v) is 12.4. The second-order valence-electron chi connectivity index (χ2n) is 4.35. The number of benzene rings is 1. The quantitative estimate of drug-likeness (QED) is 0.736. The number of nitriles is 1. The first-order valence-electron chi connectivity index (χ1n) is 6.28. The average molecular weight is 303 g/mol. The summed E-state index contributed by atoms with van der Waals surface area (Å²) in [4.78, 5) is 4.52. The van der Waals surface area contributed by atoms with E-state index < -0.39 is 0 Å². The minimum atomic E-state index is 0.343. The second kappa shape index (κ2) is 5.23. The van der Waals surface area contributed by atoms with Crippen molar-refractivity contribution in [3.05, 3.63) is 40.7 Å². The van der Waals surface area contributed by atoms with Gasteiger partial charge in [0, 0.05) is 0 Å². The molecule has 3 rings (SSSR count). The SMILES string of the molecule is CCCc1nn(-c2nc3ccccc3s2)c(Cl)c1C#N. The predicted octanol–water partition coefficient (Wildman–Crippen LogP) is 3.96. The number of fused-ring (bicyclic) bond motifs is 1. The van der Waals surface area contributed by atoms with Crippen molar-refractivity contribution in [2.75, 3.05) is 0 Å². The van der Waals surface area contributed by atoms with Crippen LogP contribution in [0.5, 0.6) is 0 Å². The van der Waals surface area contributed by atoms with Crippen LogP contribution in [0.15, 0.2) is 24.3 Å². The van der Waals surface area contributed by atoms with Gasteiger partial charge in [-0.05, 0) is 18.6 Å². The van der Waals surface area contributed by atoms with Crippen LogP contribution in [0, 0.1) is 11.3 Å². The van der Waals surface area contributed by atoms with Crippen LogP contribution in [0.4, 0.5) is 0 Å². The van der Waals surface area contributed by atoms with Gasteiger partial charge in [0.05, 0.1) is 15.9 Å². The fraction of sp³-hybridized carbons (Fsp3) is 0.214. The van der Waals surface area contributed by atoms with E-state index in [0.29, 0.717) is 15.8 Å². The molecule has 2 heterocycles. The number of para-hydroxylation sites is 1. The maximum absolute atomic E-state index is 9.22. The minimum Gasteiger partial charge on any atom is -0.218 e. The number of aromatic nitrogens is 3. The van der Waals surface area contributed by atoms with Crippen LogP contribution in [0.2, 0.25) is 5.15 Å². The third-order valence-electron chi connectivity index (χ3n) is 2.96. The summed E-state index contributed by atoms with van der Waals surface area (Å²) >= 11 is 7.78. The van der Waals surface area contributed by atoms with Gasteiger partial charge in [0.25, 0.3) is 0 Å². The maximum atomic E-state index is 9.22. The molecule has 0 N–H and O–H groups in total. The lowest BCUT2D eigenvalue weighted by Crippen LogP contribution is -1.96. The molecule has 20 heavy (non-hydrogen) atoms. The van der Waals surface area contributed by atoms with E-state index in [9.17, 15) is 5.26 Å². The molecule has 0 saturated heterocycles. The van der Waals surface area contributed by atoms with Gasteiger partial charge < -0.3 is 0 Å². The number of rotatable bonds is 3. The van der Waals surface area contributed by atoms with E-state index in [1.807, 2.05) is 31.2 Å². The number of hydrogen-bond acceptors (Lipinski definition) is 4. The molecule has 0 aliphatic heterocycles. The van der Waals surface area contributed by atoms with Crippen molar-refractivity contribution in [3.8, 4) is 11.2 Å². The highest BCUT2D eigenvalue weighted by Gasteiger charge is 2.18. The number of nitrogens with zero attached hydrogens (tertiary/aromatic N) is 4. The molecule has 0 aliphatic carbocycles. The Morgan fingerprint density at radius 3 is 2.90 bits per heavy atom. The van der Waals surface area contributed by atoms with E-state index in [0.717, 1.165) is 28.8 Å². The van der Waals surface area contributed by atoms with Gasteiger partial charge >= 0.3 is 0 Å². The largest absolute Gasteiger partial charge is 0.218 e. The van der Waals surface area contributed by atoms with Crippen molar-refractivity contribution >= 4 is 33.2 Å². The van der Waals surface area contributed by atoms with Gasteiger partial charge in [-0.2, -0.15) is 15.0 Å². The molecule has 100 valence electrons. The Morgan fingerprint density at radius 1 is 1.40 bits per heavy atom. The van der Waals surface area contributed by atoms with Crippen LogP contribution in [0.1, 0.15) is 24.6 Å². The summed E-state index contributed by atoms with van der Waals surface area (Å²) in [6.45, 7) is 2.05. The van der Waals surface area contributed by atoms with Crippen LogP contribution < -0.4 is 0 Å². The minimum absolute atomic E-state index is 0.343. The van der Waals surface area contributed by atoms with Crippen LogP contribution in [-0.2, 0) is 6.42 Å². The topological polar surface area (TPSA) is 54.5 Å². The molecule has 3 aromatic rings. The lowest BCUT2D eigenvalue weighted by Gasteiger charge is -1.95. The first kappa shape index (κ1) is 13.1. The molecule has 2 aromatic heterocycles. The first-order chi connectivity index (χ1) is 9.74. The summed E-state index contributed by atoms with van der Waals surface area (Å²) in [6.07, 6.45) is 1.66. The number of thiazole rings is 1. The smallest absolute Gasteiger partial charge is 0.212 e. The van der Waals surface area contributed by atoms with E-state index >= 15 is 0 Å². The van der Waals surface area contributed by atoms with Crippen LogP contribution in [0.3, 0.4) is 0 Å². The van der Waals surface area contributed by atoms with Gasteiger partial charge in [-0.1, -0.05) is 48.4 Å². The Morgan fingerprint density at radius 2 is 2.20 bits per heavy atom. The highest BCUT2D eigenvalue weighted by Crippen LogP contribution is 2.29. The lowest BCUT2D eigenvalue weighted by molar-refractivity contribution is 0.803. The van der Waals surface area contributed by atoms with Gasteiger partial charge in [0.1, 0.15) is 11.6 Å². The Bertz CT molecular complexity index is 779. The van der Waals surface area contributed by atoms with Crippen LogP contribution >= 0.6 is 22.9 Å². The molecule has 0 aliphatic rings. The number of aryl methyl sites for hydroxylation is 1. The van der Waals surface area contributed by atoms with Crippen LogP contribution in [-0.4, -0.2) is 14.8 Å².